The number of halogens is 2. The third-order valence-electron chi connectivity index (χ3n) is 6.45. The Hall–Kier alpha value is -3.40. The molecule has 2 N–H and O–H groups in total. The zero-order valence-corrected chi connectivity index (χ0v) is 18.1. The van der Waals surface area contributed by atoms with Crippen LogP contribution in [0.15, 0.2) is 35.1 Å². The predicted molar refractivity (Wildman–Crippen MR) is 119 cm³/mol. The number of rotatable bonds is 5. The lowest BCUT2D eigenvalue weighted by atomic mass is 10.2. The first-order valence-corrected chi connectivity index (χ1v) is 11.0. The fraction of sp³-hybridized carbons (Fsp3) is 0.391. The maximum Gasteiger partial charge on any atom is 0.269 e. The summed E-state index contributed by atoms with van der Waals surface area (Å²) in [6.07, 6.45) is 0.940. The molecule has 0 bridgehead atoms. The fourth-order valence-corrected chi connectivity index (χ4v) is 4.51. The van der Waals surface area contributed by atoms with E-state index in [1.54, 1.807) is 6.07 Å². The van der Waals surface area contributed by atoms with Crippen LogP contribution >= 0.6 is 0 Å². The Morgan fingerprint density at radius 1 is 1.15 bits per heavy atom. The number of aromatic amines is 1. The lowest BCUT2D eigenvalue weighted by molar-refractivity contribution is 0.0957. The molecule has 5 rings (SSSR count). The Morgan fingerprint density at radius 3 is 2.67 bits per heavy atom. The highest BCUT2D eigenvalue weighted by molar-refractivity contribution is 5.92. The van der Waals surface area contributed by atoms with Gasteiger partial charge in [0.1, 0.15) is 17.3 Å². The van der Waals surface area contributed by atoms with Gasteiger partial charge in [-0.3, -0.25) is 14.5 Å². The van der Waals surface area contributed by atoms with E-state index in [1.807, 2.05) is 4.90 Å². The van der Waals surface area contributed by atoms with Crippen LogP contribution in [0.25, 0.3) is 10.9 Å². The molecule has 10 heteroatoms. The highest BCUT2D eigenvalue weighted by atomic mass is 19.1. The minimum Gasteiger partial charge on any atom is -0.365 e. The van der Waals surface area contributed by atoms with Gasteiger partial charge in [0.05, 0.1) is 16.6 Å². The number of anilines is 1. The first kappa shape index (κ1) is 21.4. The Balaban J connectivity index is 1.18. The van der Waals surface area contributed by atoms with Crippen molar-refractivity contribution in [1.29, 1.82) is 0 Å². The van der Waals surface area contributed by atoms with Gasteiger partial charge in [-0.15, -0.1) is 0 Å². The number of piperazine rings is 1. The molecule has 0 unspecified atom stereocenters. The van der Waals surface area contributed by atoms with Crippen LogP contribution in [0.3, 0.4) is 0 Å². The second kappa shape index (κ2) is 8.51. The molecule has 3 aromatic rings. The Bertz CT molecular complexity index is 1270. The molecule has 1 saturated carbocycles. The van der Waals surface area contributed by atoms with E-state index < -0.39 is 17.7 Å². The number of benzene rings is 1. The second-order valence-corrected chi connectivity index (χ2v) is 8.59. The Morgan fingerprint density at radius 2 is 1.94 bits per heavy atom. The van der Waals surface area contributed by atoms with Gasteiger partial charge in [-0.05, 0) is 42.7 Å². The standard InChI is InChI=1S/C23H24F2N6O2/c1-26-23(33)18-4-5-19(20(25)27-18)31-8-6-30(7-9-31)12-13-10-15(13)21-28-17-3-2-14(24)11-16(17)22(32)29-21/h2-5,11,13,15H,6-10,12H2,1H3,(H,26,33)(H,28,29,32)/t13-,15-/m1/s1. The average Bonchev–Trinajstić information content (AvgIpc) is 3.58. The lowest BCUT2D eigenvalue weighted by Crippen LogP contribution is -2.47. The van der Waals surface area contributed by atoms with Crippen LogP contribution in [0.1, 0.15) is 28.7 Å². The van der Waals surface area contributed by atoms with Crippen LogP contribution < -0.4 is 15.8 Å². The van der Waals surface area contributed by atoms with Crippen LogP contribution in [-0.2, 0) is 0 Å². The number of H-pyrrole nitrogens is 1. The monoisotopic (exact) mass is 454 g/mol. The SMILES string of the molecule is CNC(=O)c1ccc(N2CCN(C[C@H]3C[C@H]3c3nc4ccc(F)cc4c(=O)[nH]3)CC2)c(F)n1. The minimum atomic E-state index is -0.641. The molecule has 0 radical (unpaired) electrons. The molecule has 1 amide bonds. The van der Waals surface area contributed by atoms with Crippen molar-refractivity contribution in [3.05, 3.63) is 64.0 Å². The quantitative estimate of drug-likeness (QED) is 0.572. The van der Waals surface area contributed by atoms with E-state index in [1.165, 1.54) is 31.3 Å². The fourth-order valence-electron chi connectivity index (χ4n) is 4.51. The number of hydrogen-bond donors (Lipinski definition) is 2. The van der Waals surface area contributed by atoms with E-state index in [4.69, 9.17) is 0 Å². The molecule has 172 valence electrons. The Kier molecular flexibility index (Phi) is 5.53. The summed E-state index contributed by atoms with van der Waals surface area (Å²) in [4.78, 5) is 39.4. The van der Waals surface area contributed by atoms with Crippen molar-refractivity contribution < 1.29 is 13.6 Å². The van der Waals surface area contributed by atoms with Crippen molar-refractivity contribution in [3.8, 4) is 0 Å². The lowest BCUT2D eigenvalue weighted by Gasteiger charge is -2.36. The van der Waals surface area contributed by atoms with Crippen LogP contribution in [0.2, 0.25) is 0 Å². The number of pyridine rings is 1. The molecule has 0 spiro atoms. The summed E-state index contributed by atoms with van der Waals surface area (Å²) < 4.78 is 27.9. The van der Waals surface area contributed by atoms with Crippen LogP contribution in [0.4, 0.5) is 14.5 Å². The molecular formula is C23H24F2N6O2. The smallest absolute Gasteiger partial charge is 0.269 e. The van der Waals surface area contributed by atoms with Crippen LogP contribution in [0.5, 0.6) is 0 Å². The van der Waals surface area contributed by atoms with Gasteiger partial charge in [-0.2, -0.15) is 4.39 Å². The van der Waals surface area contributed by atoms with Gasteiger partial charge < -0.3 is 15.2 Å². The maximum atomic E-state index is 14.5. The van der Waals surface area contributed by atoms with Gasteiger partial charge in [0.2, 0.25) is 5.95 Å². The topological polar surface area (TPSA) is 94.2 Å². The van der Waals surface area contributed by atoms with E-state index in [9.17, 15) is 18.4 Å². The zero-order valence-electron chi connectivity index (χ0n) is 18.1. The summed E-state index contributed by atoms with van der Waals surface area (Å²) in [5.74, 6) is -0.278. The van der Waals surface area contributed by atoms with E-state index in [0.29, 0.717) is 36.0 Å². The molecular weight excluding hydrogens is 430 g/mol. The van der Waals surface area contributed by atoms with Gasteiger partial charge >= 0.3 is 0 Å². The molecule has 3 heterocycles. The van der Waals surface area contributed by atoms with Gasteiger partial charge in [-0.1, -0.05) is 0 Å². The van der Waals surface area contributed by atoms with E-state index in [0.717, 1.165) is 26.1 Å². The molecule has 1 saturated heterocycles. The first-order chi connectivity index (χ1) is 15.9. The average molecular weight is 454 g/mol. The van der Waals surface area contributed by atoms with Crippen molar-refractivity contribution in [2.75, 3.05) is 44.7 Å². The van der Waals surface area contributed by atoms with Crippen molar-refractivity contribution >= 4 is 22.5 Å². The molecule has 2 fully saturated rings. The minimum absolute atomic E-state index is 0.0580. The molecule has 2 aromatic heterocycles. The van der Waals surface area contributed by atoms with Gasteiger partial charge in [0, 0.05) is 45.7 Å². The normalized spacial score (nSPS) is 20.8. The third-order valence-corrected chi connectivity index (χ3v) is 6.45. The second-order valence-electron chi connectivity index (χ2n) is 8.59. The predicted octanol–water partition coefficient (Wildman–Crippen LogP) is 1.88. The number of nitrogens with zero attached hydrogens (tertiary/aromatic N) is 4. The van der Waals surface area contributed by atoms with Gasteiger partial charge in [0.25, 0.3) is 11.5 Å². The molecule has 1 aromatic carbocycles. The van der Waals surface area contributed by atoms with Gasteiger partial charge in [0.15, 0.2) is 0 Å². The largest absolute Gasteiger partial charge is 0.365 e. The summed E-state index contributed by atoms with van der Waals surface area (Å²) in [5.41, 5.74) is 0.655. The highest BCUT2D eigenvalue weighted by Crippen LogP contribution is 2.46. The van der Waals surface area contributed by atoms with Crippen molar-refractivity contribution in [2.24, 2.45) is 5.92 Å². The molecule has 33 heavy (non-hydrogen) atoms. The van der Waals surface area contributed by atoms with E-state index >= 15 is 0 Å². The van der Waals surface area contributed by atoms with Gasteiger partial charge in [-0.25, -0.2) is 14.4 Å². The molecule has 8 nitrogen and oxygen atoms in total. The number of carbonyl (C=O) groups excluding carboxylic acids is 1. The molecule has 1 aliphatic carbocycles. The first-order valence-electron chi connectivity index (χ1n) is 11.0. The van der Waals surface area contributed by atoms with Crippen LogP contribution in [-0.4, -0.2) is 65.5 Å². The number of fused-ring (bicyclic) bond motifs is 1. The van der Waals surface area contributed by atoms with Crippen molar-refractivity contribution in [3.63, 3.8) is 0 Å². The number of hydrogen-bond acceptors (Lipinski definition) is 6. The highest BCUT2D eigenvalue weighted by Gasteiger charge is 2.41. The summed E-state index contributed by atoms with van der Waals surface area (Å²) >= 11 is 0. The number of amides is 1. The number of nitrogens with one attached hydrogen (secondary N) is 2. The summed E-state index contributed by atoms with van der Waals surface area (Å²) in [6.45, 7) is 3.75. The molecule has 1 aliphatic heterocycles. The van der Waals surface area contributed by atoms with E-state index in [-0.39, 0.29) is 22.6 Å². The van der Waals surface area contributed by atoms with Crippen LogP contribution in [0, 0.1) is 17.7 Å². The maximum absolute atomic E-state index is 14.5. The van der Waals surface area contributed by atoms with E-state index in [2.05, 4.69) is 25.2 Å². The van der Waals surface area contributed by atoms with Crippen molar-refractivity contribution in [1.82, 2.24) is 25.2 Å². The Labute approximate surface area is 188 Å². The third kappa shape index (κ3) is 4.30. The summed E-state index contributed by atoms with van der Waals surface area (Å²) in [7, 11) is 1.48. The summed E-state index contributed by atoms with van der Waals surface area (Å²) in [5, 5.41) is 2.70. The molecule has 2 atom stereocenters. The molecule has 2 aliphatic rings. The van der Waals surface area contributed by atoms with Crippen molar-refractivity contribution in [2.45, 2.75) is 12.3 Å². The summed E-state index contributed by atoms with van der Waals surface area (Å²) in [6, 6.07) is 7.19. The zero-order chi connectivity index (χ0) is 23.1. The number of carbonyl (C=O) groups is 1. The number of aromatic nitrogens is 3.